The zero-order valence-corrected chi connectivity index (χ0v) is 5.26. The summed E-state index contributed by atoms with van der Waals surface area (Å²) in [4.78, 5) is 0. The molecule has 0 aromatic rings. The minimum absolute atomic E-state index is 0.679. The molecule has 0 spiro atoms. The molecule has 0 aromatic heterocycles. The largest absolute Gasteiger partial charge is 0.370 e. The Balaban J connectivity index is 1.93. The van der Waals surface area contributed by atoms with E-state index in [1.807, 2.05) is 0 Å². The molecule has 46 valence electrons. The van der Waals surface area contributed by atoms with Crippen molar-refractivity contribution >= 4 is 0 Å². The van der Waals surface area contributed by atoms with Gasteiger partial charge >= 0.3 is 0 Å². The molecular weight excluding hydrogens is 100 g/mol. The van der Waals surface area contributed by atoms with Gasteiger partial charge in [0.25, 0.3) is 0 Å². The first-order valence-corrected chi connectivity index (χ1v) is 3.52. The standard InChI is InChI=1S/C7H12O/c1-5-2-3-6-7(4-5)8-6/h5-7H,2-4H2,1H3/t5?,6-,7+/m0/s1. The molecule has 1 unspecified atom stereocenters. The second kappa shape index (κ2) is 1.47. The van der Waals surface area contributed by atoms with Crippen LogP contribution < -0.4 is 0 Å². The number of epoxide rings is 1. The van der Waals surface area contributed by atoms with E-state index in [1.165, 1.54) is 19.3 Å². The maximum atomic E-state index is 5.35. The van der Waals surface area contributed by atoms with Gasteiger partial charge in [0, 0.05) is 0 Å². The minimum atomic E-state index is 0.679. The van der Waals surface area contributed by atoms with E-state index >= 15 is 0 Å². The van der Waals surface area contributed by atoms with Crippen LogP contribution in [0.25, 0.3) is 0 Å². The maximum Gasteiger partial charge on any atom is 0.0844 e. The van der Waals surface area contributed by atoms with Crippen LogP contribution >= 0.6 is 0 Å². The lowest BCUT2D eigenvalue weighted by molar-refractivity contribution is 0.367. The van der Waals surface area contributed by atoms with E-state index in [0.717, 1.165) is 5.92 Å². The molecule has 0 N–H and O–H groups in total. The number of rotatable bonds is 0. The summed E-state index contributed by atoms with van der Waals surface area (Å²) in [5, 5.41) is 0. The first-order chi connectivity index (χ1) is 3.86. The van der Waals surface area contributed by atoms with Crippen LogP contribution in [0.4, 0.5) is 0 Å². The summed E-state index contributed by atoms with van der Waals surface area (Å²) in [7, 11) is 0. The normalized spacial score (nSPS) is 52.9. The fourth-order valence-electron chi connectivity index (χ4n) is 1.60. The van der Waals surface area contributed by atoms with Gasteiger partial charge in [-0.2, -0.15) is 0 Å². The molecule has 1 heteroatoms. The number of ether oxygens (including phenoxy) is 1. The van der Waals surface area contributed by atoms with Gasteiger partial charge in [0.1, 0.15) is 0 Å². The molecule has 8 heavy (non-hydrogen) atoms. The van der Waals surface area contributed by atoms with Gasteiger partial charge in [-0.15, -0.1) is 0 Å². The second-order valence-electron chi connectivity index (χ2n) is 3.13. The lowest BCUT2D eigenvalue weighted by Crippen LogP contribution is -2.09. The third-order valence-corrected chi connectivity index (χ3v) is 2.27. The van der Waals surface area contributed by atoms with Crippen molar-refractivity contribution in [3.05, 3.63) is 0 Å². The summed E-state index contributed by atoms with van der Waals surface area (Å²) in [5.74, 6) is 0.929. The molecule has 0 radical (unpaired) electrons. The van der Waals surface area contributed by atoms with Crippen molar-refractivity contribution in [2.75, 3.05) is 0 Å². The van der Waals surface area contributed by atoms with E-state index in [-0.39, 0.29) is 0 Å². The average Bonchev–Trinajstić information content (AvgIpc) is 2.43. The molecule has 3 atom stereocenters. The highest BCUT2D eigenvalue weighted by atomic mass is 16.6. The van der Waals surface area contributed by atoms with Crippen LogP contribution in [0.1, 0.15) is 26.2 Å². The van der Waals surface area contributed by atoms with E-state index in [0.29, 0.717) is 12.2 Å². The Morgan fingerprint density at radius 2 is 2.12 bits per heavy atom. The number of hydrogen-bond acceptors (Lipinski definition) is 1. The molecule has 0 amide bonds. The van der Waals surface area contributed by atoms with Crippen LogP contribution in [0, 0.1) is 5.92 Å². The minimum Gasteiger partial charge on any atom is -0.370 e. The highest BCUT2D eigenvalue weighted by molar-refractivity contribution is 4.90. The van der Waals surface area contributed by atoms with Crippen molar-refractivity contribution < 1.29 is 4.74 Å². The van der Waals surface area contributed by atoms with E-state index in [2.05, 4.69) is 6.92 Å². The van der Waals surface area contributed by atoms with Crippen LogP contribution in [0.2, 0.25) is 0 Å². The SMILES string of the molecule is CC1CC[C@@H]2O[C@@H]2C1. The van der Waals surface area contributed by atoms with Gasteiger partial charge in [0.05, 0.1) is 12.2 Å². The van der Waals surface area contributed by atoms with Crippen LogP contribution in [-0.4, -0.2) is 12.2 Å². The zero-order valence-electron chi connectivity index (χ0n) is 5.26. The predicted octanol–water partition coefficient (Wildman–Crippen LogP) is 1.57. The summed E-state index contributed by atoms with van der Waals surface area (Å²) in [6.45, 7) is 2.32. The molecule has 0 aromatic carbocycles. The highest BCUT2D eigenvalue weighted by Gasteiger charge is 2.42. The van der Waals surface area contributed by atoms with E-state index in [9.17, 15) is 0 Å². The number of fused-ring (bicyclic) bond motifs is 1. The van der Waals surface area contributed by atoms with Crippen molar-refractivity contribution in [2.45, 2.75) is 38.4 Å². The molecule has 1 saturated carbocycles. The first kappa shape index (κ1) is 4.80. The maximum absolute atomic E-state index is 5.35. The van der Waals surface area contributed by atoms with Crippen molar-refractivity contribution in [1.82, 2.24) is 0 Å². The molecular formula is C7H12O. The molecule has 1 aliphatic heterocycles. The summed E-state index contributed by atoms with van der Waals surface area (Å²) in [5.41, 5.74) is 0. The fraction of sp³-hybridized carbons (Fsp3) is 1.00. The van der Waals surface area contributed by atoms with Crippen molar-refractivity contribution in [2.24, 2.45) is 5.92 Å². The van der Waals surface area contributed by atoms with Gasteiger partial charge in [-0.25, -0.2) is 0 Å². The summed E-state index contributed by atoms with van der Waals surface area (Å²) in [6.07, 6.45) is 5.41. The van der Waals surface area contributed by atoms with Crippen LogP contribution in [0.5, 0.6) is 0 Å². The Bertz CT molecular complexity index is 101. The van der Waals surface area contributed by atoms with Crippen molar-refractivity contribution in [3.8, 4) is 0 Å². The highest BCUT2D eigenvalue weighted by Crippen LogP contribution is 2.38. The van der Waals surface area contributed by atoms with Gasteiger partial charge in [-0.3, -0.25) is 0 Å². The Hall–Kier alpha value is -0.0400. The van der Waals surface area contributed by atoms with Gasteiger partial charge in [-0.05, 0) is 25.2 Å². The topological polar surface area (TPSA) is 12.5 Å². The van der Waals surface area contributed by atoms with Crippen LogP contribution in [0.3, 0.4) is 0 Å². The Morgan fingerprint density at radius 3 is 2.75 bits per heavy atom. The molecule has 2 aliphatic rings. The Kier molecular flexibility index (Phi) is 0.884. The molecule has 1 saturated heterocycles. The van der Waals surface area contributed by atoms with E-state index < -0.39 is 0 Å². The van der Waals surface area contributed by atoms with Crippen LogP contribution in [-0.2, 0) is 4.74 Å². The smallest absolute Gasteiger partial charge is 0.0844 e. The fourth-order valence-corrected chi connectivity index (χ4v) is 1.60. The quantitative estimate of drug-likeness (QED) is 0.433. The molecule has 2 rings (SSSR count). The molecule has 1 nitrogen and oxygen atoms in total. The first-order valence-electron chi connectivity index (χ1n) is 3.52. The third-order valence-electron chi connectivity index (χ3n) is 2.27. The molecule has 0 bridgehead atoms. The second-order valence-corrected chi connectivity index (χ2v) is 3.13. The summed E-state index contributed by atoms with van der Waals surface area (Å²) in [6, 6.07) is 0. The third kappa shape index (κ3) is 0.655. The van der Waals surface area contributed by atoms with Crippen molar-refractivity contribution in [3.63, 3.8) is 0 Å². The zero-order chi connectivity index (χ0) is 5.56. The van der Waals surface area contributed by atoms with Gasteiger partial charge in [0.15, 0.2) is 0 Å². The van der Waals surface area contributed by atoms with E-state index in [4.69, 9.17) is 4.74 Å². The van der Waals surface area contributed by atoms with E-state index in [1.54, 1.807) is 0 Å². The molecule has 1 heterocycles. The average molecular weight is 112 g/mol. The van der Waals surface area contributed by atoms with Gasteiger partial charge < -0.3 is 4.74 Å². The van der Waals surface area contributed by atoms with Gasteiger partial charge in [-0.1, -0.05) is 6.92 Å². The van der Waals surface area contributed by atoms with Crippen molar-refractivity contribution in [1.29, 1.82) is 0 Å². The van der Waals surface area contributed by atoms with Gasteiger partial charge in [0.2, 0.25) is 0 Å². The molecule has 2 fully saturated rings. The molecule has 1 aliphatic carbocycles. The van der Waals surface area contributed by atoms with Crippen LogP contribution in [0.15, 0.2) is 0 Å². The summed E-state index contributed by atoms with van der Waals surface area (Å²) >= 11 is 0. The lowest BCUT2D eigenvalue weighted by Gasteiger charge is -2.11. The lowest BCUT2D eigenvalue weighted by atomic mass is 9.91. The number of hydrogen-bond donors (Lipinski definition) is 0. The summed E-state index contributed by atoms with van der Waals surface area (Å²) < 4.78 is 5.35. The monoisotopic (exact) mass is 112 g/mol. The Labute approximate surface area is 50.0 Å². The predicted molar refractivity (Wildman–Crippen MR) is 31.7 cm³/mol. The Morgan fingerprint density at radius 1 is 1.25 bits per heavy atom.